The SMILES string of the molecule is COc1ccc(CCCCN)cc1NC(=O)OC(C)(C)C. The van der Waals surface area contributed by atoms with E-state index in [9.17, 15) is 4.79 Å². The van der Waals surface area contributed by atoms with Crippen molar-refractivity contribution in [1.82, 2.24) is 0 Å². The van der Waals surface area contributed by atoms with Crippen molar-refractivity contribution in [3.63, 3.8) is 0 Å². The van der Waals surface area contributed by atoms with Crippen LogP contribution in [0, 0.1) is 0 Å². The van der Waals surface area contributed by atoms with Gasteiger partial charge >= 0.3 is 6.09 Å². The number of ether oxygens (including phenoxy) is 2. The highest BCUT2D eigenvalue weighted by Gasteiger charge is 2.17. The number of amides is 1. The van der Waals surface area contributed by atoms with Crippen LogP contribution in [0.1, 0.15) is 39.2 Å². The van der Waals surface area contributed by atoms with E-state index in [2.05, 4.69) is 5.32 Å². The van der Waals surface area contributed by atoms with Crippen molar-refractivity contribution >= 4 is 11.8 Å². The molecule has 1 aromatic rings. The van der Waals surface area contributed by atoms with Crippen LogP contribution in [0.4, 0.5) is 10.5 Å². The largest absolute Gasteiger partial charge is 0.495 e. The van der Waals surface area contributed by atoms with Crippen LogP contribution in [0.3, 0.4) is 0 Å². The van der Waals surface area contributed by atoms with Gasteiger partial charge in [-0.2, -0.15) is 0 Å². The molecule has 0 radical (unpaired) electrons. The number of carbonyl (C=O) groups excluding carboxylic acids is 1. The first-order valence-electron chi connectivity index (χ1n) is 7.22. The van der Waals surface area contributed by atoms with Crippen molar-refractivity contribution in [3.05, 3.63) is 23.8 Å². The Morgan fingerprint density at radius 2 is 2.00 bits per heavy atom. The van der Waals surface area contributed by atoms with Gasteiger partial charge in [-0.05, 0) is 64.3 Å². The number of rotatable bonds is 6. The summed E-state index contributed by atoms with van der Waals surface area (Å²) in [6.45, 7) is 6.17. The van der Waals surface area contributed by atoms with E-state index in [1.54, 1.807) is 7.11 Å². The number of carbonyl (C=O) groups is 1. The minimum Gasteiger partial charge on any atom is -0.495 e. The number of hydrogen-bond acceptors (Lipinski definition) is 4. The number of anilines is 1. The first-order chi connectivity index (χ1) is 9.85. The normalized spacial score (nSPS) is 11.1. The molecule has 0 saturated heterocycles. The summed E-state index contributed by atoms with van der Waals surface area (Å²) in [5.41, 5.74) is 6.72. The van der Waals surface area contributed by atoms with E-state index < -0.39 is 11.7 Å². The molecule has 0 aliphatic rings. The molecule has 0 saturated carbocycles. The van der Waals surface area contributed by atoms with E-state index in [0.29, 0.717) is 18.0 Å². The summed E-state index contributed by atoms with van der Waals surface area (Å²) < 4.78 is 10.5. The fourth-order valence-electron chi connectivity index (χ4n) is 1.90. The molecule has 0 aromatic heterocycles. The van der Waals surface area contributed by atoms with E-state index in [1.807, 2.05) is 39.0 Å². The van der Waals surface area contributed by atoms with Crippen molar-refractivity contribution in [3.8, 4) is 5.75 Å². The average molecular weight is 294 g/mol. The van der Waals surface area contributed by atoms with Crippen LogP contribution in [-0.2, 0) is 11.2 Å². The predicted molar refractivity (Wildman–Crippen MR) is 84.8 cm³/mol. The molecule has 5 heteroatoms. The Morgan fingerprint density at radius 3 is 2.57 bits per heavy atom. The molecule has 1 aromatic carbocycles. The highest BCUT2D eigenvalue weighted by atomic mass is 16.6. The Kier molecular flexibility index (Phi) is 6.49. The first kappa shape index (κ1) is 17.3. The Labute approximate surface area is 126 Å². The molecule has 118 valence electrons. The van der Waals surface area contributed by atoms with Crippen molar-refractivity contribution < 1.29 is 14.3 Å². The molecule has 1 amide bonds. The summed E-state index contributed by atoms with van der Waals surface area (Å²) in [4.78, 5) is 11.9. The monoisotopic (exact) mass is 294 g/mol. The van der Waals surface area contributed by atoms with Gasteiger partial charge < -0.3 is 15.2 Å². The number of unbranched alkanes of at least 4 members (excludes halogenated alkanes) is 1. The van der Waals surface area contributed by atoms with Gasteiger partial charge in [0.25, 0.3) is 0 Å². The first-order valence-corrected chi connectivity index (χ1v) is 7.22. The van der Waals surface area contributed by atoms with E-state index in [4.69, 9.17) is 15.2 Å². The molecule has 0 unspecified atom stereocenters. The summed E-state index contributed by atoms with van der Waals surface area (Å²) in [6, 6.07) is 5.76. The lowest BCUT2D eigenvalue weighted by Gasteiger charge is -2.20. The van der Waals surface area contributed by atoms with Gasteiger partial charge in [0.05, 0.1) is 12.8 Å². The fraction of sp³-hybridized carbons (Fsp3) is 0.562. The summed E-state index contributed by atoms with van der Waals surface area (Å²) in [6.07, 6.45) is 2.44. The Morgan fingerprint density at radius 1 is 1.29 bits per heavy atom. The van der Waals surface area contributed by atoms with Crippen LogP contribution in [0.15, 0.2) is 18.2 Å². The van der Waals surface area contributed by atoms with Gasteiger partial charge in [-0.3, -0.25) is 5.32 Å². The molecule has 0 aliphatic heterocycles. The van der Waals surface area contributed by atoms with Gasteiger partial charge in [-0.15, -0.1) is 0 Å². The third kappa shape index (κ3) is 6.49. The van der Waals surface area contributed by atoms with E-state index >= 15 is 0 Å². The smallest absolute Gasteiger partial charge is 0.412 e. The lowest BCUT2D eigenvalue weighted by molar-refractivity contribution is 0.0635. The summed E-state index contributed by atoms with van der Waals surface area (Å²) >= 11 is 0. The van der Waals surface area contributed by atoms with Crippen LogP contribution < -0.4 is 15.8 Å². The zero-order valence-corrected chi connectivity index (χ0v) is 13.4. The lowest BCUT2D eigenvalue weighted by Crippen LogP contribution is -2.27. The maximum atomic E-state index is 11.9. The molecular weight excluding hydrogens is 268 g/mol. The molecular formula is C16H26N2O3. The predicted octanol–water partition coefficient (Wildman–Crippen LogP) is 3.32. The minimum absolute atomic E-state index is 0.486. The quantitative estimate of drug-likeness (QED) is 0.789. The number of nitrogens with two attached hydrogens (primary N) is 1. The zero-order valence-electron chi connectivity index (χ0n) is 13.4. The third-order valence-corrected chi connectivity index (χ3v) is 2.82. The molecule has 0 spiro atoms. The van der Waals surface area contributed by atoms with Crippen LogP contribution in [0.25, 0.3) is 0 Å². The van der Waals surface area contributed by atoms with Crippen molar-refractivity contribution in [2.45, 2.75) is 45.6 Å². The number of aryl methyl sites for hydroxylation is 1. The maximum absolute atomic E-state index is 11.9. The molecule has 5 nitrogen and oxygen atoms in total. The molecule has 0 aliphatic carbocycles. The Hall–Kier alpha value is -1.75. The average Bonchev–Trinajstić information content (AvgIpc) is 2.37. The third-order valence-electron chi connectivity index (χ3n) is 2.82. The highest BCUT2D eigenvalue weighted by Crippen LogP contribution is 2.26. The van der Waals surface area contributed by atoms with Gasteiger partial charge in [-0.1, -0.05) is 6.07 Å². The van der Waals surface area contributed by atoms with Gasteiger partial charge in [0.2, 0.25) is 0 Å². The topological polar surface area (TPSA) is 73.6 Å². The standard InChI is InChI=1S/C16H26N2O3/c1-16(2,3)21-15(19)18-13-11-12(7-5-6-10-17)8-9-14(13)20-4/h8-9,11H,5-7,10,17H2,1-4H3,(H,18,19). The molecule has 0 bridgehead atoms. The fourth-order valence-corrected chi connectivity index (χ4v) is 1.90. The van der Waals surface area contributed by atoms with Crippen molar-refractivity contribution in [2.75, 3.05) is 19.0 Å². The Bertz CT molecular complexity index is 467. The van der Waals surface area contributed by atoms with Crippen LogP contribution in [0.2, 0.25) is 0 Å². The molecule has 3 N–H and O–H groups in total. The molecule has 0 heterocycles. The Balaban J connectivity index is 2.78. The zero-order chi connectivity index (χ0) is 15.9. The maximum Gasteiger partial charge on any atom is 0.412 e. The molecule has 1 rings (SSSR count). The van der Waals surface area contributed by atoms with E-state index in [1.165, 1.54) is 0 Å². The number of benzene rings is 1. The summed E-state index contributed by atoms with van der Waals surface area (Å²) in [5, 5.41) is 2.74. The van der Waals surface area contributed by atoms with Gasteiger partial charge in [0, 0.05) is 0 Å². The van der Waals surface area contributed by atoms with Crippen LogP contribution in [-0.4, -0.2) is 25.3 Å². The molecule has 0 atom stereocenters. The van der Waals surface area contributed by atoms with Crippen LogP contribution >= 0.6 is 0 Å². The van der Waals surface area contributed by atoms with Gasteiger partial charge in [0.1, 0.15) is 11.4 Å². The van der Waals surface area contributed by atoms with Gasteiger partial charge in [0.15, 0.2) is 0 Å². The van der Waals surface area contributed by atoms with Crippen molar-refractivity contribution in [1.29, 1.82) is 0 Å². The minimum atomic E-state index is -0.532. The lowest BCUT2D eigenvalue weighted by atomic mass is 10.1. The van der Waals surface area contributed by atoms with Crippen LogP contribution in [0.5, 0.6) is 5.75 Å². The highest BCUT2D eigenvalue weighted by molar-refractivity contribution is 5.87. The molecule has 0 fully saturated rings. The van der Waals surface area contributed by atoms with Crippen molar-refractivity contribution in [2.24, 2.45) is 5.73 Å². The second-order valence-electron chi connectivity index (χ2n) is 5.91. The second kappa shape index (κ2) is 7.88. The van der Waals surface area contributed by atoms with E-state index in [0.717, 1.165) is 24.8 Å². The summed E-state index contributed by atoms with van der Waals surface area (Å²) in [7, 11) is 1.57. The van der Waals surface area contributed by atoms with Gasteiger partial charge in [-0.25, -0.2) is 4.79 Å². The number of methoxy groups -OCH3 is 1. The molecule has 21 heavy (non-hydrogen) atoms. The second-order valence-corrected chi connectivity index (χ2v) is 5.91. The number of hydrogen-bond donors (Lipinski definition) is 2. The van der Waals surface area contributed by atoms with E-state index in [-0.39, 0.29) is 0 Å². The summed E-state index contributed by atoms with van der Waals surface area (Å²) in [5.74, 6) is 0.614. The number of nitrogens with one attached hydrogen (secondary N) is 1.